The lowest BCUT2D eigenvalue weighted by atomic mass is 9.96. The van der Waals surface area contributed by atoms with Gasteiger partial charge in [0, 0.05) is 57.8 Å². The number of hydrogen-bond donors (Lipinski definition) is 10. The van der Waals surface area contributed by atoms with Crippen LogP contribution in [0.15, 0.2) is 126 Å². The molecule has 106 heavy (non-hydrogen) atoms. The van der Waals surface area contributed by atoms with E-state index in [1.54, 1.807) is 32.0 Å². The molecule has 0 radical (unpaired) electrons. The zero-order valence-electron chi connectivity index (χ0n) is 56.7. The standard InChI is InChI=1S/C26H31N3O7S2.C21H20Cl2N4O7S3.C18H24N4O7S2/c1-16(2)36-24-6-4-3-5-23(24)34-12-18-10-25(37-14-18)26(31)20-11-28-15-29-21(20)8-17-7-19(22(30)9-17)13-35-38(27,32)33;22-12-2-1-3-14(5-12)36(30,31)18-7-17(35-20(18)23)19(29)15-8-25-10-26-21(15)27-13-4-11(16(28)6-13)9-34-37(24,32)33;1-18(2,26)13-4-3-12(30-13)15(24)10-6-20-8-21-17(10)22-11-5-9(14(23)16(11)25)7-29-31(19,27)28/h3-6,10-11,14-17,19,22,30H,7-9,12-13H2,1-2H3,(H2,27,32,33);1-3,5,7-8,10-11,13,16,28H,4,6,9H2,(H2,24,32,33)(H,25,26,27);3-4,6,8-9,11,14,16,23,25-26H,5,7H2,1-2H3,(H2,19,27,28)(H,20,21,22)/t17-,19+,22-;11-,13-,16+;9-,11-,14-,16+/m011/s1. The minimum Gasteiger partial charge on any atom is -0.487 e. The number of hydrogen-bond acceptors (Lipinski definition) is 32. The Balaban J connectivity index is 0.000000185. The Kier molecular flexibility index (Phi) is 27.8. The number of aliphatic hydroxyl groups excluding tert-OH is 4. The SMILES string of the molecule is CC(C)(O)c1ccc(C(=O)c2cncnc2N[C@@H]2C[C@H](COS(N)(=O)=O)[C@@H](O)[C@H]2O)s1.CC(C)Oc1ccccc1OCc1csc(C(=O)c2cncnc2C[C@@H]2C[C@H](COS(N)(=O)=O)[C@@H](O)C2)c1.NS(=O)(=O)OC[C@H]1C[C@@H](Nc2ncncc2C(=O)c2cc(S(=O)(=O)c3cccc(Cl)c3)c(Cl)s2)C[C@@H]1O. The highest BCUT2D eigenvalue weighted by atomic mass is 35.5. The molecule has 0 saturated heterocycles. The number of anilines is 2. The number of carbonyl (C=O) groups excluding carboxylic acids is 3. The maximum atomic E-state index is 13.4. The Morgan fingerprint density at radius 1 is 0.623 bits per heavy atom. The van der Waals surface area contributed by atoms with Gasteiger partial charge in [0.05, 0.1) is 97.8 Å². The van der Waals surface area contributed by atoms with Crippen molar-refractivity contribution in [3.63, 3.8) is 0 Å². The first-order chi connectivity index (χ1) is 49.8. The van der Waals surface area contributed by atoms with Crippen LogP contribution in [0.2, 0.25) is 9.36 Å². The highest BCUT2D eigenvalue weighted by Crippen LogP contribution is 2.40. The number of ketones is 3. The highest BCUT2D eigenvalue weighted by Gasteiger charge is 2.43. The second kappa shape index (κ2) is 35.5. The van der Waals surface area contributed by atoms with Crippen molar-refractivity contribution in [2.75, 3.05) is 30.5 Å². The molecule has 8 aromatic rings. The van der Waals surface area contributed by atoms with Gasteiger partial charge in [-0.3, -0.25) is 26.9 Å². The number of thiophene rings is 3. The first-order valence-corrected chi connectivity index (χ1v) is 41.4. The van der Waals surface area contributed by atoms with Crippen molar-refractivity contribution in [2.24, 2.45) is 39.1 Å². The monoisotopic (exact) mass is 1640 g/mol. The molecule has 0 bridgehead atoms. The zero-order valence-corrected chi connectivity index (χ0v) is 63.9. The van der Waals surface area contributed by atoms with E-state index >= 15 is 0 Å². The average Bonchev–Trinajstić information content (AvgIpc) is 1.60. The summed E-state index contributed by atoms with van der Waals surface area (Å²) in [5.74, 6) is -1.08. The summed E-state index contributed by atoms with van der Waals surface area (Å²) < 4.78 is 118. The van der Waals surface area contributed by atoms with Gasteiger partial charge >= 0.3 is 30.9 Å². The van der Waals surface area contributed by atoms with Gasteiger partial charge in [0.1, 0.15) is 52.6 Å². The van der Waals surface area contributed by atoms with Crippen molar-refractivity contribution in [1.82, 2.24) is 29.9 Å². The first-order valence-electron chi connectivity index (χ1n) is 32.2. The second-order valence-corrected chi connectivity index (χ2v) is 35.3. The molecular weight excluding hydrogens is 1570 g/mol. The van der Waals surface area contributed by atoms with E-state index in [9.17, 15) is 73.6 Å². The molecule has 572 valence electrons. The molecule has 0 aliphatic heterocycles. The van der Waals surface area contributed by atoms with Gasteiger partial charge in [-0.2, -0.15) is 25.3 Å². The first kappa shape index (κ1) is 83.0. The van der Waals surface area contributed by atoms with E-state index < -0.39 is 94.4 Å². The van der Waals surface area contributed by atoms with Crippen LogP contribution in [0.5, 0.6) is 11.5 Å². The number of benzene rings is 2. The molecule has 3 aliphatic carbocycles. The summed E-state index contributed by atoms with van der Waals surface area (Å²) in [6.45, 7) is 6.56. The maximum Gasteiger partial charge on any atom is 0.333 e. The number of nitrogens with zero attached hydrogens (tertiary/aromatic N) is 6. The third-order valence-electron chi connectivity index (χ3n) is 16.8. The number of nitrogens with two attached hydrogens (primary N) is 3. The van der Waals surface area contributed by atoms with Crippen LogP contribution in [0.3, 0.4) is 0 Å². The summed E-state index contributed by atoms with van der Waals surface area (Å²) in [5.41, 5.74) is 0.962. The molecule has 10 atom stereocenters. The Bertz CT molecular complexity index is 4920. The molecule has 3 fully saturated rings. The van der Waals surface area contributed by atoms with Crippen molar-refractivity contribution in [3.8, 4) is 11.5 Å². The molecule has 32 nitrogen and oxygen atoms in total. The topological polar surface area (TPSA) is 515 Å². The van der Waals surface area contributed by atoms with Crippen LogP contribution in [0.4, 0.5) is 11.6 Å². The van der Waals surface area contributed by atoms with Crippen LogP contribution in [0, 0.1) is 23.7 Å². The van der Waals surface area contributed by atoms with Crippen molar-refractivity contribution in [1.29, 1.82) is 0 Å². The molecule has 3 aliphatic rings. The Morgan fingerprint density at radius 2 is 1.19 bits per heavy atom. The lowest BCUT2D eigenvalue weighted by Gasteiger charge is -2.19. The number of sulfone groups is 1. The van der Waals surface area contributed by atoms with Gasteiger partial charge in [0.2, 0.25) is 27.2 Å². The molecule has 3 saturated carbocycles. The second-order valence-electron chi connectivity index (χ2n) is 25.7. The molecule has 0 spiro atoms. The van der Waals surface area contributed by atoms with E-state index in [2.05, 4.69) is 53.1 Å². The number of carbonyl (C=O) groups is 3. The smallest absolute Gasteiger partial charge is 0.333 e. The lowest BCUT2D eigenvalue weighted by molar-refractivity contribution is 0.00778. The van der Waals surface area contributed by atoms with Gasteiger partial charge in [-0.05, 0) is 132 Å². The Morgan fingerprint density at radius 3 is 1.79 bits per heavy atom. The van der Waals surface area contributed by atoms with E-state index in [0.717, 1.165) is 28.2 Å². The fraction of sp³-hybridized carbons (Fsp3) is 0.400. The fourth-order valence-electron chi connectivity index (χ4n) is 11.8. The summed E-state index contributed by atoms with van der Waals surface area (Å²) in [5, 5.41) is 74.0. The van der Waals surface area contributed by atoms with E-state index in [-0.39, 0.29) is 122 Å². The molecular formula is C65H75Cl2N11O21S7. The molecule has 41 heteroatoms. The van der Waals surface area contributed by atoms with Gasteiger partial charge in [0.15, 0.2) is 11.5 Å². The Hall–Kier alpha value is -7.07. The van der Waals surface area contributed by atoms with Crippen LogP contribution in [0.25, 0.3) is 0 Å². The van der Waals surface area contributed by atoms with Crippen molar-refractivity contribution in [3.05, 3.63) is 173 Å². The average molecular weight is 1640 g/mol. The predicted octanol–water partition coefficient (Wildman–Crippen LogP) is 5.70. The predicted molar refractivity (Wildman–Crippen MR) is 390 cm³/mol. The molecule has 6 aromatic heterocycles. The quantitative estimate of drug-likeness (QED) is 0.0251. The van der Waals surface area contributed by atoms with Gasteiger partial charge < -0.3 is 45.6 Å². The fourth-order valence-corrected chi connectivity index (χ4v) is 18.1. The van der Waals surface area contributed by atoms with Gasteiger partial charge in [0.25, 0.3) is 0 Å². The van der Waals surface area contributed by atoms with Crippen LogP contribution < -0.4 is 35.5 Å². The summed E-state index contributed by atoms with van der Waals surface area (Å²) in [7, 11) is -16.4. The van der Waals surface area contributed by atoms with E-state index in [0.29, 0.717) is 63.1 Å². The maximum absolute atomic E-state index is 13.4. The summed E-state index contributed by atoms with van der Waals surface area (Å²) in [6.07, 6.45) is 6.01. The largest absolute Gasteiger partial charge is 0.487 e. The third-order valence-corrected chi connectivity index (χ3v) is 24.2. The lowest BCUT2D eigenvalue weighted by Crippen LogP contribution is -2.36. The van der Waals surface area contributed by atoms with Crippen molar-refractivity contribution in [2.45, 2.75) is 131 Å². The Labute approximate surface area is 632 Å². The molecule has 6 heterocycles. The van der Waals surface area contributed by atoms with Crippen LogP contribution in [-0.4, -0.2) is 169 Å². The minimum atomic E-state index is -4.18. The number of aromatic nitrogens is 6. The number of nitrogens with one attached hydrogen (secondary N) is 2. The highest BCUT2D eigenvalue weighted by molar-refractivity contribution is 7.91. The van der Waals surface area contributed by atoms with Crippen molar-refractivity contribution < 1.29 is 95.6 Å². The summed E-state index contributed by atoms with van der Waals surface area (Å²) >= 11 is 15.4. The van der Waals surface area contributed by atoms with Crippen LogP contribution in [0.1, 0.15) is 122 Å². The van der Waals surface area contributed by atoms with E-state index in [1.165, 1.54) is 79.2 Å². The molecule has 11 rings (SSSR count). The normalized spacial score (nSPS) is 21.2. The number of halogens is 2. The molecule has 0 amide bonds. The number of aliphatic hydroxyl groups is 5. The molecule has 13 N–H and O–H groups in total. The van der Waals surface area contributed by atoms with E-state index in [1.807, 2.05) is 43.5 Å². The molecule has 2 aromatic carbocycles. The number of ether oxygens (including phenoxy) is 2. The molecule has 0 unspecified atom stereocenters. The van der Waals surface area contributed by atoms with Crippen LogP contribution in [-0.2, 0) is 71.9 Å². The van der Waals surface area contributed by atoms with Gasteiger partial charge in [-0.1, -0.05) is 41.4 Å². The number of rotatable bonds is 29. The summed E-state index contributed by atoms with van der Waals surface area (Å²) in [4.78, 5) is 65.4. The number of para-hydroxylation sites is 2. The van der Waals surface area contributed by atoms with Gasteiger partial charge in [-0.25, -0.2) is 53.7 Å². The minimum absolute atomic E-state index is 0.000881. The summed E-state index contributed by atoms with van der Waals surface area (Å²) in [6, 6.07) is 18.3. The van der Waals surface area contributed by atoms with E-state index in [4.69, 9.17) is 48.1 Å². The zero-order chi connectivity index (χ0) is 77.2. The van der Waals surface area contributed by atoms with Crippen LogP contribution >= 0.6 is 57.2 Å². The van der Waals surface area contributed by atoms with Crippen molar-refractivity contribution >= 4 is 127 Å². The van der Waals surface area contributed by atoms with Gasteiger partial charge in [-0.15, -0.1) is 34.0 Å². The third kappa shape index (κ3) is 22.8.